The van der Waals surface area contributed by atoms with Crippen LogP contribution >= 0.6 is 55.1 Å². The summed E-state index contributed by atoms with van der Waals surface area (Å²) >= 11 is 19.8. The third-order valence-electron chi connectivity index (χ3n) is 5.07. The Balaban J connectivity index is 1.72. The zero-order chi connectivity index (χ0) is 25.1. The normalized spacial score (nSPS) is 11.4. The molecule has 0 saturated heterocycles. The molecule has 4 rings (SSSR count). The summed E-state index contributed by atoms with van der Waals surface area (Å²) in [7, 11) is 0. The van der Waals surface area contributed by atoms with E-state index in [-0.39, 0.29) is 12.2 Å². The number of fused-ring (bicyclic) bond motifs is 1. The maximum Gasteiger partial charge on any atom is 0.282 e. The summed E-state index contributed by atoms with van der Waals surface area (Å²) in [6.45, 7) is 4.20. The summed E-state index contributed by atoms with van der Waals surface area (Å²) in [5, 5.41) is 5.76. The van der Waals surface area contributed by atoms with Crippen molar-refractivity contribution in [3.05, 3.63) is 94.8 Å². The highest BCUT2D eigenvalue weighted by Crippen LogP contribution is 2.43. The van der Waals surface area contributed by atoms with Gasteiger partial charge in [0.25, 0.3) is 5.56 Å². The lowest BCUT2D eigenvalue weighted by Crippen LogP contribution is -2.20. The molecule has 0 aliphatic heterocycles. The summed E-state index contributed by atoms with van der Waals surface area (Å²) in [5.41, 5.74) is 1.74. The molecule has 0 saturated carbocycles. The van der Waals surface area contributed by atoms with Gasteiger partial charge in [0.1, 0.15) is 17.5 Å². The number of hydrogen-bond acceptors (Lipinski definition) is 5. The predicted molar refractivity (Wildman–Crippen MR) is 148 cm³/mol. The SMILES string of the molecule is CCOc1cc(C=Nn2c(C)nc3ccc(Br)cc3c2=O)c(Br)c(Cl)c1OCc1ccccc1Cl. The van der Waals surface area contributed by atoms with Crippen molar-refractivity contribution >= 4 is 72.2 Å². The molecule has 0 N–H and O–H groups in total. The van der Waals surface area contributed by atoms with Gasteiger partial charge in [0.15, 0.2) is 11.5 Å². The van der Waals surface area contributed by atoms with Crippen molar-refractivity contribution in [2.45, 2.75) is 20.5 Å². The van der Waals surface area contributed by atoms with E-state index < -0.39 is 0 Å². The van der Waals surface area contributed by atoms with E-state index in [1.807, 2.05) is 31.2 Å². The van der Waals surface area contributed by atoms with Gasteiger partial charge in [0, 0.05) is 25.1 Å². The van der Waals surface area contributed by atoms with Gasteiger partial charge in [-0.1, -0.05) is 57.3 Å². The third-order valence-corrected chi connectivity index (χ3v) is 7.37. The lowest BCUT2D eigenvalue weighted by molar-refractivity contribution is 0.269. The molecule has 0 aliphatic rings. The molecule has 1 heterocycles. The van der Waals surface area contributed by atoms with Crippen LogP contribution in [0.3, 0.4) is 0 Å². The molecule has 0 fully saturated rings. The number of hydrogen-bond donors (Lipinski definition) is 0. The van der Waals surface area contributed by atoms with E-state index in [9.17, 15) is 4.79 Å². The first-order valence-corrected chi connectivity index (χ1v) is 12.9. The first kappa shape index (κ1) is 25.7. The van der Waals surface area contributed by atoms with Crippen molar-refractivity contribution in [1.82, 2.24) is 9.66 Å². The zero-order valence-corrected chi connectivity index (χ0v) is 23.4. The number of ether oxygens (including phenoxy) is 2. The number of aromatic nitrogens is 2. The highest BCUT2D eigenvalue weighted by atomic mass is 79.9. The fourth-order valence-electron chi connectivity index (χ4n) is 3.38. The minimum atomic E-state index is -0.281. The third kappa shape index (κ3) is 5.56. The molecule has 1 aromatic heterocycles. The average Bonchev–Trinajstić information content (AvgIpc) is 2.83. The summed E-state index contributed by atoms with van der Waals surface area (Å²) in [6.07, 6.45) is 1.52. The Morgan fingerprint density at radius 1 is 1.11 bits per heavy atom. The highest BCUT2D eigenvalue weighted by molar-refractivity contribution is 9.10. The summed E-state index contributed by atoms with van der Waals surface area (Å²) in [5.74, 6) is 1.27. The van der Waals surface area contributed by atoms with Gasteiger partial charge in [-0.3, -0.25) is 4.79 Å². The number of nitrogens with zero attached hydrogens (tertiary/aromatic N) is 3. The number of rotatable bonds is 7. The fourth-order valence-corrected chi connectivity index (χ4v) is 4.58. The second kappa shape index (κ2) is 11.1. The average molecular weight is 640 g/mol. The Morgan fingerprint density at radius 3 is 2.63 bits per heavy atom. The van der Waals surface area contributed by atoms with Crippen LogP contribution in [0.15, 0.2) is 67.4 Å². The van der Waals surface area contributed by atoms with Gasteiger partial charge in [-0.15, -0.1) is 0 Å². The number of halogens is 4. The van der Waals surface area contributed by atoms with E-state index in [1.165, 1.54) is 10.9 Å². The van der Waals surface area contributed by atoms with Gasteiger partial charge in [-0.05, 0) is 60.1 Å². The summed E-state index contributed by atoms with van der Waals surface area (Å²) in [4.78, 5) is 17.5. The molecule has 0 radical (unpaired) electrons. The van der Waals surface area contributed by atoms with E-state index in [2.05, 4.69) is 41.9 Å². The second-order valence-electron chi connectivity index (χ2n) is 7.42. The number of benzene rings is 3. The minimum Gasteiger partial charge on any atom is -0.490 e. The first-order valence-electron chi connectivity index (χ1n) is 10.5. The Kier molecular flexibility index (Phi) is 8.16. The van der Waals surface area contributed by atoms with Crippen LogP contribution in [-0.4, -0.2) is 22.5 Å². The Bertz CT molecular complexity index is 1510. The van der Waals surface area contributed by atoms with Gasteiger partial charge in [0.05, 0.1) is 23.7 Å². The molecule has 0 unspecified atom stereocenters. The molecule has 0 amide bonds. The molecule has 180 valence electrons. The van der Waals surface area contributed by atoms with Crippen molar-refractivity contribution in [1.29, 1.82) is 0 Å². The van der Waals surface area contributed by atoms with Crippen LogP contribution < -0.4 is 15.0 Å². The summed E-state index contributed by atoms with van der Waals surface area (Å²) < 4.78 is 14.4. The lowest BCUT2D eigenvalue weighted by Gasteiger charge is -2.16. The van der Waals surface area contributed by atoms with Crippen LogP contribution in [0.2, 0.25) is 10.0 Å². The maximum absolute atomic E-state index is 13.0. The van der Waals surface area contributed by atoms with Gasteiger partial charge in [-0.25, -0.2) is 4.98 Å². The van der Waals surface area contributed by atoms with E-state index in [4.69, 9.17) is 32.7 Å². The Morgan fingerprint density at radius 2 is 1.89 bits per heavy atom. The molecule has 35 heavy (non-hydrogen) atoms. The van der Waals surface area contributed by atoms with Crippen molar-refractivity contribution in [2.75, 3.05) is 6.61 Å². The molecule has 0 spiro atoms. The zero-order valence-electron chi connectivity index (χ0n) is 18.7. The van der Waals surface area contributed by atoms with E-state index in [1.54, 1.807) is 31.2 Å². The highest BCUT2D eigenvalue weighted by Gasteiger charge is 2.18. The molecule has 0 atom stereocenters. The smallest absolute Gasteiger partial charge is 0.282 e. The molecule has 10 heteroatoms. The van der Waals surface area contributed by atoms with E-state index >= 15 is 0 Å². The van der Waals surface area contributed by atoms with Crippen LogP contribution in [0.4, 0.5) is 0 Å². The second-order valence-corrected chi connectivity index (χ2v) is 9.91. The van der Waals surface area contributed by atoms with Crippen molar-refractivity contribution < 1.29 is 9.47 Å². The topological polar surface area (TPSA) is 65.7 Å². The maximum atomic E-state index is 13.0. The summed E-state index contributed by atoms with van der Waals surface area (Å²) in [6, 6.07) is 14.5. The van der Waals surface area contributed by atoms with Crippen LogP contribution in [0, 0.1) is 6.92 Å². The van der Waals surface area contributed by atoms with Crippen molar-refractivity contribution in [3.63, 3.8) is 0 Å². The first-order chi connectivity index (χ1) is 16.8. The fraction of sp³-hybridized carbons (Fsp3) is 0.160. The standard InChI is InChI=1S/C25H19Br2Cl2N3O3/c1-3-34-21-10-16(22(27)23(29)24(21)35-13-15-6-4-5-7-19(15)28)12-30-32-14(2)31-20-9-8-17(26)11-18(20)25(32)33/h4-12H,3,13H2,1-2H3. The monoisotopic (exact) mass is 637 g/mol. The quantitative estimate of drug-likeness (QED) is 0.198. The number of aryl methyl sites for hydroxylation is 1. The van der Waals surface area contributed by atoms with Gasteiger partial charge in [0.2, 0.25) is 0 Å². The molecule has 3 aromatic carbocycles. The molecule has 0 aliphatic carbocycles. The molecule has 4 aromatic rings. The Labute approximate surface area is 228 Å². The van der Waals surface area contributed by atoms with Crippen LogP contribution in [0.25, 0.3) is 10.9 Å². The van der Waals surface area contributed by atoms with Crippen LogP contribution in [0.1, 0.15) is 23.9 Å². The molecular formula is C25H19Br2Cl2N3O3. The van der Waals surface area contributed by atoms with Crippen LogP contribution in [-0.2, 0) is 6.61 Å². The van der Waals surface area contributed by atoms with Gasteiger partial charge >= 0.3 is 0 Å². The van der Waals surface area contributed by atoms with Gasteiger partial charge in [-0.2, -0.15) is 9.78 Å². The van der Waals surface area contributed by atoms with E-state index in [0.717, 1.165) is 10.0 Å². The molecule has 6 nitrogen and oxygen atoms in total. The minimum absolute atomic E-state index is 0.215. The van der Waals surface area contributed by atoms with Crippen LogP contribution in [0.5, 0.6) is 11.5 Å². The lowest BCUT2D eigenvalue weighted by atomic mass is 10.2. The van der Waals surface area contributed by atoms with Crippen molar-refractivity contribution in [3.8, 4) is 11.5 Å². The molecule has 0 bridgehead atoms. The predicted octanol–water partition coefficient (Wildman–Crippen LogP) is 7.40. The molecular weight excluding hydrogens is 621 g/mol. The Hall–Kier alpha value is -2.39. The largest absolute Gasteiger partial charge is 0.490 e. The van der Waals surface area contributed by atoms with E-state index in [0.29, 0.717) is 54.9 Å². The van der Waals surface area contributed by atoms with Crippen molar-refractivity contribution in [2.24, 2.45) is 5.10 Å². The van der Waals surface area contributed by atoms with Gasteiger partial charge < -0.3 is 9.47 Å².